The van der Waals surface area contributed by atoms with E-state index in [0.29, 0.717) is 32.7 Å². The Morgan fingerprint density at radius 3 is 2.34 bits per heavy atom. The summed E-state index contributed by atoms with van der Waals surface area (Å²) < 4.78 is 46.0. The first kappa shape index (κ1) is 27.7. The zero-order chi connectivity index (χ0) is 27.4. The van der Waals surface area contributed by atoms with E-state index >= 15 is 0 Å². The normalized spacial score (nSPS) is 16.3. The molecular weight excluding hydrogens is 497 g/mol. The molecular formula is C28H33F3N4O3. The number of rotatable bonds is 8. The number of ether oxygens (including phenoxy) is 1. The molecule has 2 atom stereocenters. The predicted molar refractivity (Wildman–Crippen MR) is 137 cm³/mol. The summed E-state index contributed by atoms with van der Waals surface area (Å²) in [6.07, 6.45) is -1.65. The van der Waals surface area contributed by atoms with Crippen molar-refractivity contribution in [1.29, 1.82) is 0 Å². The van der Waals surface area contributed by atoms with Gasteiger partial charge in [0.25, 0.3) is 5.91 Å². The molecule has 1 fully saturated rings. The van der Waals surface area contributed by atoms with Crippen molar-refractivity contribution in [2.24, 2.45) is 0 Å². The summed E-state index contributed by atoms with van der Waals surface area (Å²) in [7, 11) is 0. The summed E-state index contributed by atoms with van der Waals surface area (Å²) in [5.74, 6) is 0.472. The maximum Gasteiger partial charge on any atom is 0.416 e. The summed E-state index contributed by atoms with van der Waals surface area (Å²) in [6, 6.07) is 10.3. The highest BCUT2D eigenvalue weighted by molar-refractivity contribution is 5.94. The largest absolute Gasteiger partial charge is 0.491 e. The average molecular weight is 531 g/mol. The van der Waals surface area contributed by atoms with Gasteiger partial charge < -0.3 is 14.7 Å². The van der Waals surface area contributed by atoms with Crippen molar-refractivity contribution < 1.29 is 27.8 Å². The number of alkyl halides is 3. The minimum atomic E-state index is -4.42. The van der Waals surface area contributed by atoms with Crippen LogP contribution in [0.5, 0.6) is 5.75 Å². The van der Waals surface area contributed by atoms with E-state index in [2.05, 4.69) is 23.8 Å². The van der Waals surface area contributed by atoms with Gasteiger partial charge in [0.15, 0.2) is 0 Å². The lowest BCUT2D eigenvalue weighted by Gasteiger charge is -2.39. The van der Waals surface area contributed by atoms with Crippen LogP contribution in [0.3, 0.4) is 0 Å². The van der Waals surface area contributed by atoms with Gasteiger partial charge in [-0.05, 0) is 73.9 Å². The molecule has 38 heavy (non-hydrogen) atoms. The first-order valence-electron chi connectivity index (χ1n) is 12.6. The van der Waals surface area contributed by atoms with Crippen LogP contribution in [0.1, 0.15) is 45.6 Å². The van der Waals surface area contributed by atoms with Crippen LogP contribution in [0.2, 0.25) is 0 Å². The van der Waals surface area contributed by atoms with Crippen molar-refractivity contribution in [3.05, 3.63) is 82.7 Å². The highest BCUT2D eigenvalue weighted by atomic mass is 19.4. The van der Waals surface area contributed by atoms with Crippen LogP contribution in [-0.4, -0.2) is 69.5 Å². The quantitative estimate of drug-likeness (QED) is 0.465. The zero-order valence-corrected chi connectivity index (χ0v) is 21.8. The van der Waals surface area contributed by atoms with E-state index < -0.39 is 17.8 Å². The lowest BCUT2D eigenvalue weighted by atomic mass is 9.96. The molecule has 0 spiro atoms. The molecule has 1 saturated heterocycles. The van der Waals surface area contributed by atoms with Crippen LogP contribution in [0, 0.1) is 13.8 Å². The molecule has 2 heterocycles. The Labute approximate surface area is 220 Å². The molecule has 2 aromatic carbocycles. The number of aromatic nitrogens is 2. The van der Waals surface area contributed by atoms with E-state index in [4.69, 9.17) is 4.74 Å². The molecule has 204 valence electrons. The number of aliphatic hydroxyl groups is 1. The Morgan fingerprint density at radius 1 is 1.05 bits per heavy atom. The Kier molecular flexibility index (Phi) is 8.42. The van der Waals surface area contributed by atoms with Gasteiger partial charge in [-0.25, -0.2) is 0 Å². The summed E-state index contributed by atoms with van der Waals surface area (Å²) in [6.45, 7) is 9.00. The van der Waals surface area contributed by atoms with Crippen LogP contribution < -0.4 is 4.74 Å². The van der Waals surface area contributed by atoms with Gasteiger partial charge in [-0.15, -0.1) is 0 Å². The number of benzene rings is 2. The van der Waals surface area contributed by atoms with Gasteiger partial charge in [0, 0.05) is 50.2 Å². The molecule has 1 amide bonds. The second kappa shape index (κ2) is 11.6. The van der Waals surface area contributed by atoms with Gasteiger partial charge in [-0.1, -0.05) is 6.07 Å². The third-order valence-corrected chi connectivity index (χ3v) is 7.23. The number of amides is 1. The molecule has 0 aliphatic carbocycles. The van der Waals surface area contributed by atoms with Crippen molar-refractivity contribution in [1.82, 2.24) is 19.6 Å². The van der Waals surface area contributed by atoms with Crippen LogP contribution in [0.15, 0.2) is 54.9 Å². The minimum absolute atomic E-state index is 0.108. The topological polar surface area (TPSA) is 70.8 Å². The summed E-state index contributed by atoms with van der Waals surface area (Å²) in [4.78, 5) is 16.8. The van der Waals surface area contributed by atoms with E-state index in [1.807, 2.05) is 19.1 Å². The third kappa shape index (κ3) is 6.36. The molecule has 1 aromatic heterocycles. The highest BCUT2D eigenvalue weighted by Crippen LogP contribution is 2.32. The maximum absolute atomic E-state index is 12.8. The second-order valence-corrected chi connectivity index (χ2v) is 9.68. The van der Waals surface area contributed by atoms with E-state index in [0.717, 1.165) is 34.6 Å². The van der Waals surface area contributed by atoms with E-state index in [1.165, 1.54) is 12.1 Å². The second-order valence-electron chi connectivity index (χ2n) is 9.68. The van der Waals surface area contributed by atoms with Crippen LogP contribution in [0.25, 0.3) is 0 Å². The molecule has 1 N–H and O–H groups in total. The lowest BCUT2D eigenvalue weighted by Crippen LogP contribution is -2.49. The molecule has 10 heteroatoms. The van der Waals surface area contributed by atoms with Crippen molar-refractivity contribution in [2.45, 2.75) is 45.6 Å². The van der Waals surface area contributed by atoms with Gasteiger partial charge in [-0.2, -0.15) is 18.3 Å². The highest BCUT2D eigenvalue weighted by Gasteiger charge is 2.31. The fraction of sp³-hybridized carbons (Fsp3) is 0.429. The Morgan fingerprint density at radius 2 is 1.74 bits per heavy atom. The number of piperazine rings is 1. The monoisotopic (exact) mass is 530 g/mol. The van der Waals surface area contributed by atoms with Gasteiger partial charge in [0.2, 0.25) is 0 Å². The molecule has 1 aliphatic rings. The number of hydrogen-bond donors (Lipinski definition) is 1. The molecule has 0 bridgehead atoms. The van der Waals surface area contributed by atoms with E-state index in [9.17, 15) is 23.1 Å². The minimum Gasteiger partial charge on any atom is -0.491 e. The van der Waals surface area contributed by atoms with Crippen molar-refractivity contribution in [3.63, 3.8) is 0 Å². The predicted octanol–water partition coefficient (Wildman–Crippen LogP) is 4.48. The third-order valence-electron chi connectivity index (χ3n) is 7.23. The molecule has 0 saturated carbocycles. The number of halogens is 3. The van der Waals surface area contributed by atoms with Crippen molar-refractivity contribution in [2.75, 3.05) is 32.8 Å². The first-order chi connectivity index (χ1) is 18.0. The number of nitrogens with zero attached hydrogens (tertiary/aromatic N) is 4. The Bertz CT molecular complexity index is 1220. The standard InChI is InChI=1S/C28H33F3N4O3/c1-19-20(2)26(38-18-24(36)17-35-12-4-11-32-35)10-9-25(19)21(3)33-13-15-34(16-14-33)27(37)22-5-7-23(8-6-22)28(29,30)31/h4-12,21,24,36H,13-18H2,1-3H3/t21?,24-/m1/s1. The van der Waals surface area contributed by atoms with Crippen LogP contribution in [-0.2, 0) is 12.7 Å². The van der Waals surface area contributed by atoms with Crippen LogP contribution >= 0.6 is 0 Å². The number of carbonyl (C=O) groups is 1. The number of carbonyl (C=O) groups excluding carboxylic acids is 1. The molecule has 3 aromatic rings. The van der Waals surface area contributed by atoms with Gasteiger partial charge in [-0.3, -0.25) is 14.4 Å². The summed E-state index contributed by atoms with van der Waals surface area (Å²) in [5, 5.41) is 14.4. The Balaban J connectivity index is 1.33. The number of aliphatic hydroxyl groups excluding tert-OH is 1. The SMILES string of the molecule is Cc1c(OC[C@H](O)Cn2cccn2)ccc(C(C)N2CCN(C(=O)c3ccc(C(F)(F)F)cc3)CC2)c1C. The fourth-order valence-electron chi connectivity index (χ4n) is 4.78. The molecule has 1 unspecified atom stereocenters. The van der Waals surface area contributed by atoms with Gasteiger partial charge >= 0.3 is 6.18 Å². The summed E-state index contributed by atoms with van der Waals surface area (Å²) >= 11 is 0. The molecule has 1 aliphatic heterocycles. The van der Waals surface area contributed by atoms with Gasteiger partial charge in [0.05, 0.1) is 12.1 Å². The molecule has 4 rings (SSSR count). The van der Waals surface area contributed by atoms with Crippen molar-refractivity contribution in [3.8, 4) is 5.75 Å². The number of hydrogen-bond acceptors (Lipinski definition) is 5. The Hall–Kier alpha value is -3.37. The van der Waals surface area contributed by atoms with Crippen LogP contribution in [0.4, 0.5) is 13.2 Å². The fourth-order valence-corrected chi connectivity index (χ4v) is 4.78. The van der Waals surface area contributed by atoms with Gasteiger partial charge in [0.1, 0.15) is 18.5 Å². The van der Waals surface area contributed by atoms with Crippen molar-refractivity contribution >= 4 is 5.91 Å². The first-order valence-corrected chi connectivity index (χ1v) is 12.6. The average Bonchev–Trinajstić information content (AvgIpc) is 3.41. The lowest BCUT2D eigenvalue weighted by molar-refractivity contribution is -0.137. The summed E-state index contributed by atoms with van der Waals surface area (Å²) in [5.41, 5.74) is 2.78. The molecule has 7 nitrogen and oxygen atoms in total. The zero-order valence-electron chi connectivity index (χ0n) is 21.8. The van der Waals surface area contributed by atoms with E-state index in [1.54, 1.807) is 28.0 Å². The van der Waals surface area contributed by atoms with E-state index in [-0.39, 0.29) is 24.1 Å². The maximum atomic E-state index is 12.8. The smallest absolute Gasteiger partial charge is 0.416 e. The molecule has 0 radical (unpaired) electrons.